The zero-order chi connectivity index (χ0) is 14.5. The molecule has 1 saturated heterocycles. The van der Waals surface area contributed by atoms with Crippen LogP contribution in [0.25, 0.3) is 0 Å². The van der Waals surface area contributed by atoms with Crippen molar-refractivity contribution >= 4 is 18.3 Å². The van der Waals surface area contributed by atoms with Crippen LogP contribution in [0, 0.1) is 5.92 Å². The van der Waals surface area contributed by atoms with Crippen molar-refractivity contribution in [1.29, 1.82) is 0 Å². The molecule has 1 amide bonds. The van der Waals surface area contributed by atoms with Crippen molar-refractivity contribution in [3.05, 3.63) is 0 Å². The number of piperidine rings is 1. The maximum absolute atomic E-state index is 12.6. The van der Waals surface area contributed by atoms with Crippen LogP contribution >= 0.6 is 12.4 Å². The molecule has 1 aliphatic heterocycles. The summed E-state index contributed by atoms with van der Waals surface area (Å²) < 4.78 is 6.05. The number of nitrogens with two attached hydrogens (primary N) is 1. The average molecular weight is 319 g/mol. The normalized spacial score (nSPS) is 26.2. The van der Waals surface area contributed by atoms with E-state index in [1.54, 1.807) is 0 Å². The second-order valence-electron chi connectivity index (χ2n) is 6.49. The van der Waals surface area contributed by atoms with Gasteiger partial charge < -0.3 is 15.4 Å². The van der Waals surface area contributed by atoms with E-state index < -0.39 is 0 Å². The molecule has 2 fully saturated rings. The molecule has 21 heavy (non-hydrogen) atoms. The molecular formula is C16H31ClN2O2. The first-order valence-corrected chi connectivity index (χ1v) is 8.31. The van der Waals surface area contributed by atoms with Crippen LogP contribution in [-0.2, 0) is 9.53 Å². The van der Waals surface area contributed by atoms with E-state index in [2.05, 4.69) is 0 Å². The summed E-state index contributed by atoms with van der Waals surface area (Å²) in [7, 11) is 0. The first kappa shape index (κ1) is 18.7. The summed E-state index contributed by atoms with van der Waals surface area (Å²) in [5, 5.41) is 0. The van der Waals surface area contributed by atoms with E-state index in [0.29, 0.717) is 12.0 Å². The fourth-order valence-electron chi connectivity index (χ4n) is 3.43. The minimum Gasteiger partial charge on any atom is -0.365 e. The predicted octanol–water partition coefficient (Wildman–Crippen LogP) is 2.73. The number of carbonyl (C=O) groups excluding carboxylic acids is 1. The highest BCUT2D eigenvalue weighted by atomic mass is 35.5. The van der Waals surface area contributed by atoms with Crippen molar-refractivity contribution in [2.24, 2.45) is 11.7 Å². The van der Waals surface area contributed by atoms with Crippen LogP contribution in [0.2, 0.25) is 0 Å². The van der Waals surface area contributed by atoms with E-state index in [0.717, 1.165) is 45.2 Å². The van der Waals surface area contributed by atoms with Gasteiger partial charge in [-0.1, -0.05) is 19.8 Å². The van der Waals surface area contributed by atoms with Crippen LogP contribution in [0.4, 0.5) is 0 Å². The lowest BCUT2D eigenvalue weighted by atomic mass is 9.92. The summed E-state index contributed by atoms with van der Waals surface area (Å²) in [6, 6.07) is 0.168. The molecule has 2 rings (SSSR count). The molecule has 0 aromatic heterocycles. The third kappa shape index (κ3) is 5.11. The van der Waals surface area contributed by atoms with Crippen molar-refractivity contribution in [2.75, 3.05) is 13.1 Å². The van der Waals surface area contributed by atoms with E-state index in [9.17, 15) is 4.79 Å². The second-order valence-corrected chi connectivity index (χ2v) is 6.49. The number of ether oxygens (including phenoxy) is 1. The largest absolute Gasteiger partial charge is 0.365 e. The summed E-state index contributed by atoms with van der Waals surface area (Å²) >= 11 is 0. The van der Waals surface area contributed by atoms with Crippen LogP contribution in [0.1, 0.15) is 58.8 Å². The lowest BCUT2D eigenvalue weighted by Crippen LogP contribution is -2.49. The molecule has 124 valence electrons. The molecule has 5 heteroatoms. The molecule has 1 saturated carbocycles. The van der Waals surface area contributed by atoms with E-state index >= 15 is 0 Å². The Morgan fingerprint density at radius 3 is 2.52 bits per heavy atom. The van der Waals surface area contributed by atoms with Crippen molar-refractivity contribution in [3.8, 4) is 0 Å². The maximum Gasteiger partial charge on any atom is 0.251 e. The third-order valence-corrected chi connectivity index (χ3v) is 4.82. The van der Waals surface area contributed by atoms with Crippen LogP contribution in [0.5, 0.6) is 0 Å². The van der Waals surface area contributed by atoms with Gasteiger partial charge in [0, 0.05) is 19.1 Å². The van der Waals surface area contributed by atoms with Crippen LogP contribution in [0.15, 0.2) is 0 Å². The Balaban J connectivity index is 0.00000220. The molecule has 3 atom stereocenters. The SMILES string of the molecule is CCC(OC1CCCC1)C(=O)N1CCCC(C(C)N)C1.Cl. The van der Waals surface area contributed by atoms with E-state index in [-0.39, 0.29) is 30.5 Å². The topological polar surface area (TPSA) is 55.6 Å². The minimum atomic E-state index is -0.245. The number of carbonyl (C=O) groups is 1. The van der Waals surface area contributed by atoms with Gasteiger partial charge in [-0.2, -0.15) is 0 Å². The highest BCUT2D eigenvalue weighted by Crippen LogP contribution is 2.25. The molecule has 0 spiro atoms. The first-order chi connectivity index (χ1) is 9.61. The number of amides is 1. The second kappa shape index (κ2) is 8.96. The number of hydrogen-bond acceptors (Lipinski definition) is 3. The van der Waals surface area contributed by atoms with Gasteiger partial charge in [0.05, 0.1) is 6.10 Å². The van der Waals surface area contributed by atoms with Crippen LogP contribution < -0.4 is 5.73 Å². The summed E-state index contributed by atoms with van der Waals surface area (Å²) in [5.74, 6) is 0.626. The van der Waals surface area contributed by atoms with E-state index in [4.69, 9.17) is 10.5 Å². The summed E-state index contributed by atoms with van der Waals surface area (Å²) in [6.07, 6.45) is 7.76. The lowest BCUT2D eigenvalue weighted by molar-refractivity contribution is -0.149. The predicted molar refractivity (Wildman–Crippen MR) is 87.6 cm³/mol. The Kier molecular flexibility index (Phi) is 7.99. The molecule has 1 aliphatic carbocycles. The smallest absolute Gasteiger partial charge is 0.251 e. The summed E-state index contributed by atoms with van der Waals surface area (Å²) in [6.45, 7) is 5.77. The summed E-state index contributed by atoms with van der Waals surface area (Å²) in [4.78, 5) is 14.6. The van der Waals surface area contributed by atoms with Crippen molar-refractivity contribution in [1.82, 2.24) is 4.90 Å². The van der Waals surface area contributed by atoms with Crippen molar-refractivity contribution < 1.29 is 9.53 Å². The Bertz CT molecular complexity index is 313. The molecule has 0 aromatic carbocycles. The zero-order valence-electron chi connectivity index (χ0n) is 13.4. The first-order valence-electron chi connectivity index (χ1n) is 8.31. The van der Waals surface area contributed by atoms with Gasteiger partial charge in [-0.15, -0.1) is 12.4 Å². The molecule has 2 N–H and O–H groups in total. The van der Waals surface area contributed by atoms with Crippen molar-refractivity contribution in [2.45, 2.75) is 77.0 Å². The van der Waals surface area contributed by atoms with Gasteiger partial charge in [0.1, 0.15) is 6.10 Å². The Morgan fingerprint density at radius 1 is 1.29 bits per heavy atom. The summed E-state index contributed by atoms with van der Waals surface area (Å²) in [5.41, 5.74) is 6.00. The van der Waals surface area contributed by atoms with Gasteiger partial charge in [0.15, 0.2) is 0 Å². The van der Waals surface area contributed by atoms with Gasteiger partial charge in [-0.25, -0.2) is 0 Å². The number of rotatable bonds is 5. The molecule has 3 unspecified atom stereocenters. The molecule has 2 aliphatic rings. The van der Waals surface area contributed by atoms with Gasteiger partial charge in [0.25, 0.3) is 5.91 Å². The van der Waals surface area contributed by atoms with Gasteiger partial charge in [0.2, 0.25) is 0 Å². The molecule has 0 radical (unpaired) electrons. The average Bonchev–Trinajstić information content (AvgIpc) is 2.97. The fraction of sp³-hybridized carbons (Fsp3) is 0.938. The molecule has 0 aromatic rings. The Morgan fingerprint density at radius 2 is 1.95 bits per heavy atom. The zero-order valence-corrected chi connectivity index (χ0v) is 14.2. The molecule has 1 heterocycles. The van der Waals surface area contributed by atoms with E-state index in [1.807, 2.05) is 18.7 Å². The Hall–Kier alpha value is -0.320. The molecule has 0 bridgehead atoms. The van der Waals surface area contributed by atoms with Crippen molar-refractivity contribution in [3.63, 3.8) is 0 Å². The highest BCUT2D eigenvalue weighted by Gasteiger charge is 2.31. The Labute approximate surface area is 135 Å². The highest BCUT2D eigenvalue weighted by molar-refractivity contribution is 5.85. The standard InChI is InChI=1S/C16H30N2O2.ClH/c1-3-15(20-14-8-4-5-9-14)16(19)18-10-6-7-13(11-18)12(2)17;/h12-15H,3-11,17H2,1-2H3;1H. The molecule has 4 nitrogen and oxygen atoms in total. The number of hydrogen-bond donors (Lipinski definition) is 1. The quantitative estimate of drug-likeness (QED) is 0.848. The van der Waals surface area contributed by atoms with Crippen LogP contribution in [-0.4, -0.2) is 42.1 Å². The third-order valence-electron chi connectivity index (χ3n) is 4.82. The molecular weight excluding hydrogens is 288 g/mol. The number of nitrogens with zero attached hydrogens (tertiary/aromatic N) is 1. The lowest BCUT2D eigenvalue weighted by Gasteiger charge is -2.36. The number of likely N-dealkylation sites (tertiary alicyclic amines) is 1. The fourth-order valence-corrected chi connectivity index (χ4v) is 3.43. The number of halogens is 1. The van der Waals surface area contributed by atoms with Gasteiger partial charge in [-0.05, 0) is 44.9 Å². The van der Waals surface area contributed by atoms with Gasteiger partial charge in [-0.3, -0.25) is 4.79 Å². The monoisotopic (exact) mass is 318 g/mol. The minimum absolute atomic E-state index is 0. The van der Waals surface area contributed by atoms with Gasteiger partial charge >= 0.3 is 0 Å². The van der Waals surface area contributed by atoms with Crippen LogP contribution in [0.3, 0.4) is 0 Å². The maximum atomic E-state index is 12.6. The van der Waals surface area contributed by atoms with E-state index in [1.165, 1.54) is 12.8 Å².